The highest BCUT2D eigenvalue weighted by atomic mass is 16.5. The zero-order valence-electron chi connectivity index (χ0n) is 16.2. The molecule has 0 aliphatic carbocycles. The second kappa shape index (κ2) is 8.65. The number of hydrogen-bond donors (Lipinski definition) is 3. The van der Waals surface area contributed by atoms with E-state index in [1.165, 1.54) is 6.21 Å². The summed E-state index contributed by atoms with van der Waals surface area (Å²) in [4.78, 5) is 15.7. The van der Waals surface area contributed by atoms with Crippen LogP contribution in [0, 0.1) is 5.41 Å². The molecule has 1 aliphatic heterocycles. The summed E-state index contributed by atoms with van der Waals surface area (Å²) in [6.45, 7) is 3.62. The summed E-state index contributed by atoms with van der Waals surface area (Å²) in [7, 11) is 1.84. The molecule has 0 aromatic carbocycles. The van der Waals surface area contributed by atoms with Crippen LogP contribution >= 0.6 is 0 Å². The number of hydrogen-bond acceptors (Lipinski definition) is 9. The summed E-state index contributed by atoms with van der Waals surface area (Å²) in [5.41, 5.74) is 2.29. The van der Waals surface area contributed by atoms with E-state index in [0.29, 0.717) is 23.9 Å². The molecule has 10 nitrogen and oxygen atoms in total. The van der Waals surface area contributed by atoms with Gasteiger partial charge < -0.3 is 25.7 Å². The number of morpholine rings is 1. The Morgan fingerprint density at radius 1 is 1.21 bits per heavy atom. The first-order valence-corrected chi connectivity index (χ1v) is 9.37. The van der Waals surface area contributed by atoms with Crippen molar-refractivity contribution in [1.82, 2.24) is 24.7 Å². The van der Waals surface area contributed by atoms with Gasteiger partial charge in [-0.3, -0.25) is 4.68 Å². The van der Waals surface area contributed by atoms with Crippen LogP contribution in [0.4, 0.5) is 23.3 Å². The van der Waals surface area contributed by atoms with Crippen LogP contribution in [-0.2, 0) is 18.3 Å². The van der Waals surface area contributed by atoms with Crippen molar-refractivity contribution in [2.75, 3.05) is 41.8 Å². The van der Waals surface area contributed by atoms with Crippen molar-refractivity contribution in [3.05, 3.63) is 48.0 Å². The molecule has 4 rings (SSSR count). The van der Waals surface area contributed by atoms with E-state index < -0.39 is 0 Å². The molecule has 3 N–H and O–H groups in total. The van der Waals surface area contributed by atoms with E-state index in [4.69, 9.17) is 15.1 Å². The highest BCUT2D eigenvalue weighted by Gasteiger charge is 2.13. The van der Waals surface area contributed by atoms with Gasteiger partial charge in [0.2, 0.25) is 5.95 Å². The molecular formula is C19H23N9O. The lowest BCUT2D eigenvalue weighted by Crippen LogP contribution is -2.36. The van der Waals surface area contributed by atoms with Crippen LogP contribution in [0.1, 0.15) is 11.3 Å². The van der Waals surface area contributed by atoms with Crippen LogP contribution in [0.2, 0.25) is 0 Å². The first-order chi connectivity index (χ1) is 14.2. The third-order valence-electron chi connectivity index (χ3n) is 4.50. The maximum Gasteiger partial charge on any atom is 0.229 e. The number of aryl methyl sites for hydroxylation is 1. The van der Waals surface area contributed by atoms with Crippen molar-refractivity contribution in [2.24, 2.45) is 7.05 Å². The Kier molecular flexibility index (Phi) is 5.61. The lowest BCUT2D eigenvalue weighted by molar-refractivity contribution is 0.122. The third-order valence-corrected chi connectivity index (χ3v) is 4.50. The van der Waals surface area contributed by atoms with Crippen LogP contribution in [-0.4, -0.2) is 57.3 Å². The predicted octanol–water partition coefficient (Wildman–Crippen LogP) is 1.80. The number of ether oxygens (including phenoxy) is 1. The Labute approximate surface area is 168 Å². The van der Waals surface area contributed by atoms with Crippen LogP contribution in [0.25, 0.3) is 0 Å². The molecule has 0 spiro atoms. The van der Waals surface area contributed by atoms with Crippen molar-refractivity contribution in [3.63, 3.8) is 0 Å². The Hall–Kier alpha value is -3.53. The summed E-state index contributed by atoms with van der Waals surface area (Å²) in [5, 5.41) is 18.1. The van der Waals surface area contributed by atoms with Gasteiger partial charge in [-0.25, -0.2) is 9.97 Å². The van der Waals surface area contributed by atoms with Crippen molar-refractivity contribution in [1.29, 1.82) is 5.41 Å². The maximum absolute atomic E-state index is 7.62. The van der Waals surface area contributed by atoms with Crippen molar-refractivity contribution in [3.8, 4) is 0 Å². The molecule has 0 radical (unpaired) electrons. The van der Waals surface area contributed by atoms with E-state index >= 15 is 0 Å². The minimum atomic E-state index is 0.432. The summed E-state index contributed by atoms with van der Waals surface area (Å²) < 4.78 is 7.10. The maximum atomic E-state index is 7.62. The van der Waals surface area contributed by atoms with E-state index in [2.05, 4.69) is 30.6 Å². The smallest absolute Gasteiger partial charge is 0.229 e. The van der Waals surface area contributed by atoms with Crippen LogP contribution in [0.5, 0.6) is 0 Å². The SMILES string of the molecule is Cn1cc(Nc2ncc(C=N)c(NCc3cccc(N4CCOCC4)n3)n2)cn1. The van der Waals surface area contributed by atoms with Gasteiger partial charge in [0.15, 0.2) is 0 Å². The Balaban J connectivity index is 1.47. The fraction of sp³-hybridized carbons (Fsp3) is 0.316. The molecule has 0 unspecified atom stereocenters. The molecule has 4 heterocycles. The van der Waals surface area contributed by atoms with Gasteiger partial charge in [0, 0.05) is 38.7 Å². The van der Waals surface area contributed by atoms with Gasteiger partial charge >= 0.3 is 0 Å². The predicted molar refractivity (Wildman–Crippen MR) is 111 cm³/mol. The minimum absolute atomic E-state index is 0.432. The van der Waals surface area contributed by atoms with E-state index in [1.807, 2.05) is 31.4 Å². The van der Waals surface area contributed by atoms with E-state index in [1.54, 1.807) is 17.1 Å². The zero-order chi connectivity index (χ0) is 20.1. The molecule has 1 saturated heterocycles. The molecule has 0 saturated carbocycles. The van der Waals surface area contributed by atoms with E-state index in [-0.39, 0.29) is 0 Å². The average molecular weight is 393 g/mol. The van der Waals surface area contributed by atoms with Gasteiger partial charge in [-0.2, -0.15) is 10.1 Å². The molecular weight excluding hydrogens is 370 g/mol. The first-order valence-electron chi connectivity index (χ1n) is 9.37. The molecule has 3 aromatic heterocycles. The monoisotopic (exact) mass is 393 g/mol. The second-order valence-corrected chi connectivity index (χ2v) is 6.61. The van der Waals surface area contributed by atoms with E-state index in [9.17, 15) is 0 Å². The summed E-state index contributed by atoms with van der Waals surface area (Å²) in [6, 6.07) is 5.98. The van der Waals surface area contributed by atoms with E-state index in [0.717, 1.165) is 43.5 Å². The first kappa shape index (κ1) is 18.8. The minimum Gasteiger partial charge on any atom is -0.378 e. The van der Waals surface area contributed by atoms with Gasteiger partial charge in [-0.05, 0) is 12.1 Å². The normalized spacial score (nSPS) is 13.9. The summed E-state index contributed by atoms with van der Waals surface area (Å²) >= 11 is 0. The fourth-order valence-corrected chi connectivity index (χ4v) is 3.02. The summed E-state index contributed by atoms with van der Waals surface area (Å²) in [5.74, 6) is 1.95. The molecule has 10 heteroatoms. The number of nitrogens with one attached hydrogen (secondary N) is 3. The lowest BCUT2D eigenvalue weighted by Gasteiger charge is -2.28. The molecule has 1 fully saturated rings. The van der Waals surface area contributed by atoms with Gasteiger partial charge in [-0.1, -0.05) is 6.07 Å². The molecule has 150 valence electrons. The topological polar surface area (TPSA) is 117 Å². The highest BCUT2D eigenvalue weighted by Crippen LogP contribution is 2.18. The Morgan fingerprint density at radius 2 is 2.07 bits per heavy atom. The second-order valence-electron chi connectivity index (χ2n) is 6.61. The zero-order valence-corrected chi connectivity index (χ0v) is 16.2. The molecule has 0 bridgehead atoms. The average Bonchev–Trinajstić information content (AvgIpc) is 3.18. The fourth-order valence-electron chi connectivity index (χ4n) is 3.02. The van der Waals surface area contributed by atoms with Gasteiger partial charge in [0.05, 0.1) is 42.9 Å². The molecule has 29 heavy (non-hydrogen) atoms. The van der Waals surface area contributed by atoms with Crippen molar-refractivity contribution < 1.29 is 4.74 Å². The van der Waals surface area contributed by atoms with Crippen LogP contribution < -0.4 is 15.5 Å². The third kappa shape index (κ3) is 4.66. The number of anilines is 4. The molecule has 3 aromatic rings. The standard InChI is InChI=1S/C19H23N9O/c1-27-13-16(12-23-27)25-19-22-10-14(9-20)18(26-19)21-11-15-3-2-4-17(24-15)28-5-7-29-8-6-28/h2-4,9-10,12-13,20H,5-8,11H2,1H3,(H2,21,22,25,26). The highest BCUT2D eigenvalue weighted by molar-refractivity contribution is 5.84. The van der Waals surface area contributed by atoms with Gasteiger partial charge in [0.1, 0.15) is 11.6 Å². The van der Waals surface area contributed by atoms with Crippen LogP contribution in [0.3, 0.4) is 0 Å². The lowest BCUT2D eigenvalue weighted by atomic mass is 10.3. The van der Waals surface area contributed by atoms with Gasteiger partial charge in [-0.15, -0.1) is 0 Å². The quantitative estimate of drug-likeness (QED) is 0.520. The Morgan fingerprint density at radius 3 is 2.83 bits per heavy atom. The summed E-state index contributed by atoms with van der Waals surface area (Å²) in [6.07, 6.45) is 6.37. The number of rotatable bonds is 7. The Bertz CT molecular complexity index is 981. The molecule has 0 amide bonds. The number of nitrogens with zero attached hydrogens (tertiary/aromatic N) is 6. The van der Waals surface area contributed by atoms with Crippen LogP contribution in [0.15, 0.2) is 36.8 Å². The number of aromatic nitrogens is 5. The number of pyridine rings is 1. The molecule has 1 aliphatic rings. The van der Waals surface area contributed by atoms with Crippen molar-refractivity contribution in [2.45, 2.75) is 6.54 Å². The largest absolute Gasteiger partial charge is 0.378 e. The van der Waals surface area contributed by atoms with Gasteiger partial charge in [0.25, 0.3) is 0 Å². The molecule has 0 atom stereocenters. The van der Waals surface area contributed by atoms with Crippen molar-refractivity contribution >= 4 is 29.5 Å².